The van der Waals surface area contributed by atoms with Crippen LogP contribution >= 0.6 is 0 Å². The topological polar surface area (TPSA) is 96.3 Å². The fraction of sp³-hybridized carbons (Fsp3) is 0.300. The molecule has 1 amide bonds. The van der Waals surface area contributed by atoms with Crippen LogP contribution in [0.5, 0.6) is 17.2 Å². The van der Waals surface area contributed by atoms with Crippen molar-refractivity contribution in [2.24, 2.45) is 0 Å². The predicted molar refractivity (Wildman–Crippen MR) is 97.7 cm³/mol. The molecule has 0 radical (unpaired) electrons. The van der Waals surface area contributed by atoms with Gasteiger partial charge in [-0.3, -0.25) is 4.79 Å². The highest BCUT2D eigenvalue weighted by Crippen LogP contribution is 2.43. The fourth-order valence-corrected chi connectivity index (χ4v) is 2.96. The molecule has 1 heterocycles. The van der Waals surface area contributed by atoms with E-state index in [2.05, 4.69) is 0 Å². The average molecular weight is 389 g/mol. The third-order valence-electron chi connectivity index (χ3n) is 4.46. The van der Waals surface area contributed by atoms with E-state index in [0.29, 0.717) is 17.7 Å². The number of hydrogen-bond acceptors (Lipinski definition) is 5. The van der Waals surface area contributed by atoms with Gasteiger partial charge in [0.05, 0.1) is 17.7 Å². The maximum absolute atomic E-state index is 14.3. The quantitative estimate of drug-likeness (QED) is 0.816. The van der Waals surface area contributed by atoms with Crippen LogP contribution in [0.4, 0.5) is 4.39 Å². The van der Waals surface area contributed by atoms with Crippen molar-refractivity contribution in [3.05, 3.63) is 52.8 Å². The van der Waals surface area contributed by atoms with Gasteiger partial charge in [0.15, 0.2) is 0 Å². The van der Waals surface area contributed by atoms with Gasteiger partial charge in [0.25, 0.3) is 5.91 Å². The van der Waals surface area contributed by atoms with Crippen molar-refractivity contribution in [1.82, 2.24) is 4.90 Å². The molecule has 2 aromatic rings. The second-order valence-corrected chi connectivity index (χ2v) is 7.09. The first kappa shape index (κ1) is 19.6. The minimum Gasteiger partial charge on any atom is -0.484 e. The number of carbonyl (C=O) groups is 2. The first-order chi connectivity index (χ1) is 13.1. The zero-order valence-electron chi connectivity index (χ0n) is 15.7. The number of rotatable bonds is 5. The Balaban J connectivity index is 1.98. The van der Waals surface area contributed by atoms with Crippen molar-refractivity contribution in [2.75, 3.05) is 20.7 Å². The molecule has 0 bridgehead atoms. The summed E-state index contributed by atoms with van der Waals surface area (Å²) in [4.78, 5) is 24.6. The number of nitrogens with zero attached hydrogens (tertiary/aromatic N) is 1. The highest BCUT2D eigenvalue weighted by molar-refractivity contribution is 5.94. The van der Waals surface area contributed by atoms with E-state index in [4.69, 9.17) is 9.47 Å². The molecule has 1 aliphatic rings. The first-order valence-corrected chi connectivity index (χ1v) is 8.52. The van der Waals surface area contributed by atoms with Crippen molar-refractivity contribution in [2.45, 2.75) is 18.9 Å². The number of aliphatic hydroxyl groups is 1. The minimum atomic E-state index is -1.17. The summed E-state index contributed by atoms with van der Waals surface area (Å²) in [5, 5.41) is 18.9. The number of aromatic carboxylic acids is 1. The summed E-state index contributed by atoms with van der Waals surface area (Å²) in [6, 6.07) is 6.50. The van der Waals surface area contributed by atoms with Crippen LogP contribution in [0.1, 0.15) is 33.2 Å². The second kappa shape index (κ2) is 7.12. The lowest BCUT2D eigenvalue weighted by atomic mass is 9.98. The summed E-state index contributed by atoms with van der Waals surface area (Å²) in [6.45, 7) is 1.43. The monoisotopic (exact) mass is 389 g/mol. The summed E-state index contributed by atoms with van der Waals surface area (Å²) in [5.41, 5.74) is -0.477. The number of carboxylic acid groups (broad SMARTS) is 1. The van der Waals surface area contributed by atoms with E-state index in [1.54, 1.807) is 6.92 Å². The van der Waals surface area contributed by atoms with Gasteiger partial charge in [-0.1, -0.05) is 0 Å². The highest BCUT2D eigenvalue weighted by atomic mass is 19.1. The summed E-state index contributed by atoms with van der Waals surface area (Å²) in [7, 11) is 3.04. The Morgan fingerprint density at radius 3 is 2.57 bits per heavy atom. The highest BCUT2D eigenvalue weighted by Gasteiger charge is 2.37. The van der Waals surface area contributed by atoms with E-state index in [1.807, 2.05) is 0 Å². The molecule has 3 rings (SSSR count). The van der Waals surface area contributed by atoms with Gasteiger partial charge in [-0.25, -0.2) is 9.18 Å². The Morgan fingerprint density at radius 2 is 2.00 bits per heavy atom. The van der Waals surface area contributed by atoms with Gasteiger partial charge in [0.2, 0.25) is 0 Å². The van der Waals surface area contributed by atoms with E-state index in [0.717, 1.165) is 6.07 Å². The predicted octanol–water partition coefficient (Wildman–Crippen LogP) is 2.70. The van der Waals surface area contributed by atoms with E-state index >= 15 is 0 Å². The summed E-state index contributed by atoms with van der Waals surface area (Å²) in [6.07, 6.45) is 0.299. The zero-order valence-corrected chi connectivity index (χ0v) is 15.7. The van der Waals surface area contributed by atoms with Crippen LogP contribution in [0, 0.1) is 5.82 Å². The normalized spacial score (nSPS) is 17.6. The van der Waals surface area contributed by atoms with Crippen molar-refractivity contribution in [1.29, 1.82) is 0 Å². The van der Waals surface area contributed by atoms with Crippen LogP contribution in [0.15, 0.2) is 30.3 Å². The number of amides is 1. The number of fused-ring (bicyclic) bond motifs is 1. The lowest BCUT2D eigenvalue weighted by molar-refractivity contribution is 0.0444. The lowest BCUT2D eigenvalue weighted by Gasteiger charge is -2.20. The Morgan fingerprint density at radius 1 is 1.29 bits per heavy atom. The van der Waals surface area contributed by atoms with Crippen LogP contribution in [0.2, 0.25) is 0 Å². The van der Waals surface area contributed by atoms with E-state index in [-0.39, 0.29) is 29.2 Å². The van der Waals surface area contributed by atoms with Gasteiger partial charge in [-0.15, -0.1) is 0 Å². The molecule has 1 aliphatic heterocycles. The van der Waals surface area contributed by atoms with Gasteiger partial charge >= 0.3 is 5.97 Å². The molecule has 1 atom stereocenters. The molecule has 2 N–H and O–H groups in total. The summed E-state index contributed by atoms with van der Waals surface area (Å²) < 4.78 is 25.8. The van der Waals surface area contributed by atoms with Crippen LogP contribution < -0.4 is 9.47 Å². The van der Waals surface area contributed by atoms with E-state index in [1.165, 1.54) is 43.3 Å². The first-order valence-electron chi connectivity index (χ1n) is 8.52. The molecule has 2 aromatic carbocycles. The Hall–Kier alpha value is -3.13. The second-order valence-electron chi connectivity index (χ2n) is 7.09. The van der Waals surface area contributed by atoms with Crippen LogP contribution in [0.25, 0.3) is 0 Å². The number of carbonyl (C=O) groups excluding carboxylic acids is 1. The molecule has 0 aliphatic carbocycles. The number of aliphatic hydroxyl groups excluding tert-OH is 1. The number of benzene rings is 2. The molecule has 0 spiro atoms. The largest absolute Gasteiger partial charge is 0.484 e. The third-order valence-corrected chi connectivity index (χ3v) is 4.46. The smallest absolute Gasteiger partial charge is 0.335 e. The van der Waals surface area contributed by atoms with Crippen LogP contribution in [-0.4, -0.2) is 53.3 Å². The molecular weight excluding hydrogens is 369 g/mol. The Kier molecular flexibility index (Phi) is 4.99. The summed E-state index contributed by atoms with van der Waals surface area (Å²) >= 11 is 0. The van der Waals surface area contributed by atoms with Crippen LogP contribution in [0.3, 0.4) is 0 Å². The van der Waals surface area contributed by atoms with E-state index in [9.17, 15) is 24.2 Å². The number of ether oxygens (including phenoxy) is 2. The van der Waals surface area contributed by atoms with Gasteiger partial charge in [0, 0.05) is 32.1 Å². The molecule has 0 aromatic heterocycles. The van der Waals surface area contributed by atoms with Gasteiger partial charge < -0.3 is 24.6 Å². The Labute approximate surface area is 160 Å². The van der Waals surface area contributed by atoms with Gasteiger partial charge in [0.1, 0.15) is 28.7 Å². The molecule has 0 fully saturated rings. The molecule has 148 valence electrons. The average Bonchev–Trinajstić information content (AvgIpc) is 2.98. The minimum absolute atomic E-state index is 0.0594. The molecular formula is C20H20FNO6. The summed E-state index contributed by atoms with van der Waals surface area (Å²) in [5.74, 6) is -1.81. The number of hydrogen-bond donors (Lipinski definition) is 2. The SMILES string of the molecule is CN(C)C(=O)c1ccc(Oc2cc(C(=O)O)cc3c2CC(C)(CO)O3)cc1F. The van der Waals surface area contributed by atoms with Crippen LogP contribution in [-0.2, 0) is 6.42 Å². The van der Waals surface area contributed by atoms with Gasteiger partial charge in [-0.05, 0) is 31.2 Å². The van der Waals surface area contributed by atoms with Crippen molar-refractivity contribution < 1.29 is 33.7 Å². The Bertz CT molecular complexity index is 958. The van der Waals surface area contributed by atoms with Crippen molar-refractivity contribution >= 4 is 11.9 Å². The van der Waals surface area contributed by atoms with Gasteiger partial charge in [-0.2, -0.15) is 0 Å². The number of carboxylic acids is 1. The molecule has 8 heteroatoms. The zero-order chi connectivity index (χ0) is 20.6. The fourth-order valence-electron chi connectivity index (χ4n) is 2.96. The number of halogens is 1. The maximum atomic E-state index is 14.3. The van der Waals surface area contributed by atoms with Crippen molar-refractivity contribution in [3.63, 3.8) is 0 Å². The standard InChI is InChI=1S/C20H20FNO6/c1-20(10-23)9-14-16(6-11(19(25)26)7-17(14)28-20)27-12-4-5-13(15(21)8-12)18(24)22(2)3/h4-8,23H,9-10H2,1-3H3,(H,25,26). The molecule has 0 saturated heterocycles. The van der Waals surface area contributed by atoms with E-state index < -0.39 is 23.3 Å². The molecule has 28 heavy (non-hydrogen) atoms. The molecule has 0 saturated carbocycles. The third kappa shape index (κ3) is 3.63. The molecule has 7 nitrogen and oxygen atoms in total. The maximum Gasteiger partial charge on any atom is 0.335 e. The molecule has 1 unspecified atom stereocenters. The lowest BCUT2D eigenvalue weighted by Crippen LogP contribution is -2.34. The van der Waals surface area contributed by atoms with Crippen molar-refractivity contribution in [3.8, 4) is 17.2 Å².